The zero-order valence-electron chi connectivity index (χ0n) is 12.3. The van der Waals surface area contributed by atoms with E-state index in [1.165, 1.54) is 4.88 Å². The van der Waals surface area contributed by atoms with Crippen LogP contribution in [0.4, 0.5) is 0 Å². The molecule has 1 saturated heterocycles. The van der Waals surface area contributed by atoms with Gasteiger partial charge in [0.1, 0.15) is 0 Å². The van der Waals surface area contributed by atoms with E-state index in [1.54, 1.807) is 11.3 Å². The fourth-order valence-corrected chi connectivity index (χ4v) is 4.58. The third-order valence-corrected chi connectivity index (χ3v) is 6.01. The fraction of sp³-hybridized carbons (Fsp3) is 0.733. The topological polar surface area (TPSA) is 49.5 Å². The van der Waals surface area contributed by atoms with E-state index in [0.29, 0.717) is 0 Å². The summed E-state index contributed by atoms with van der Waals surface area (Å²) in [5.41, 5.74) is 5.87. The Labute approximate surface area is 134 Å². The summed E-state index contributed by atoms with van der Waals surface area (Å²) in [5, 5.41) is 12.4. The van der Waals surface area contributed by atoms with Crippen molar-refractivity contribution in [2.45, 2.75) is 57.2 Å². The minimum Gasteiger partial charge on any atom is -0.390 e. The van der Waals surface area contributed by atoms with E-state index >= 15 is 0 Å². The Morgan fingerprint density at radius 1 is 1.50 bits per heavy atom. The summed E-state index contributed by atoms with van der Waals surface area (Å²) < 4.78 is 1.13. The van der Waals surface area contributed by atoms with Crippen molar-refractivity contribution >= 4 is 27.3 Å². The average molecular weight is 361 g/mol. The second-order valence-electron chi connectivity index (χ2n) is 6.07. The molecule has 5 heteroatoms. The lowest BCUT2D eigenvalue weighted by Crippen LogP contribution is -2.41. The molecule has 0 amide bonds. The first-order valence-corrected chi connectivity index (χ1v) is 9.06. The molecule has 0 radical (unpaired) electrons. The second kappa shape index (κ2) is 6.88. The summed E-state index contributed by atoms with van der Waals surface area (Å²) in [6, 6.07) is 2.60. The summed E-state index contributed by atoms with van der Waals surface area (Å²) >= 11 is 5.31. The Morgan fingerprint density at radius 3 is 2.85 bits per heavy atom. The molecule has 2 heterocycles. The van der Waals surface area contributed by atoms with Crippen molar-refractivity contribution in [3.63, 3.8) is 0 Å². The van der Waals surface area contributed by atoms with Crippen LogP contribution in [-0.4, -0.2) is 34.7 Å². The SMILES string of the molecule is CCC(N)C(c1cc(Br)cs1)N1CCCC(C)(O)CC1. The molecule has 3 unspecified atom stereocenters. The summed E-state index contributed by atoms with van der Waals surface area (Å²) in [7, 11) is 0. The number of nitrogens with two attached hydrogens (primary N) is 1. The van der Waals surface area contributed by atoms with Gasteiger partial charge in [-0.3, -0.25) is 4.90 Å². The number of hydrogen-bond acceptors (Lipinski definition) is 4. The van der Waals surface area contributed by atoms with E-state index in [1.807, 2.05) is 6.92 Å². The summed E-state index contributed by atoms with van der Waals surface area (Å²) in [4.78, 5) is 3.79. The molecule has 1 aromatic heterocycles. The highest BCUT2D eigenvalue weighted by Crippen LogP contribution is 2.34. The van der Waals surface area contributed by atoms with Crippen molar-refractivity contribution in [1.29, 1.82) is 0 Å². The molecule has 0 aromatic carbocycles. The van der Waals surface area contributed by atoms with Crippen LogP contribution in [0.2, 0.25) is 0 Å². The van der Waals surface area contributed by atoms with Gasteiger partial charge in [-0.2, -0.15) is 0 Å². The Bertz CT molecular complexity index is 435. The van der Waals surface area contributed by atoms with Crippen LogP contribution in [0.25, 0.3) is 0 Å². The molecular formula is C15H25BrN2OS. The van der Waals surface area contributed by atoms with Crippen molar-refractivity contribution in [2.75, 3.05) is 13.1 Å². The summed E-state index contributed by atoms with van der Waals surface area (Å²) in [6.45, 7) is 6.03. The van der Waals surface area contributed by atoms with Gasteiger partial charge in [0.05, 0.1) is 11.6 Å². The third kappa shape index (κ3) is 4.04. The predicted octanol–water partition coefficient (Wildman–Crippen LogP) is 3.53. The molecule has 1 fully saturated rings. The molecule has 114 valence electrons. The van der Waals surface area contributed by atoms with Gasteiger partial charge in [0.2, 0.25) is 0 Å². The normalized spacial score (nSPS) is 28.1. The number of aliphatic hydroxyl groups is 1. The minimum absolute atomic E-state index is 0.142. The van der Waals surface area contributed by atoms with Gasteiger partial charge in [-0.1, -0.05) is 6.92 Å². The maximum Gasteiger partial charge on any atom is 0.0632 e. The van der Waals surface area contributed by atoms with Crippen molar-refractivity contribution in [3.05, 3.63) is 20.8 Å². The average Bonchev–Trinajstić information content (AvgIpc) is 2.73. The molecular weight excluding hydrogens is 336 g/mol. The lowest BCUT2D eigenvalue weighted by molar-refractivity contribution is 0.0423. The van der Waals surface area contributed by atoms with Crippen molar-refractivity contribution in [3.8, 4) is 0 Å². The van der Waals surface area contributed by atoms with Crippen LogP contribution in [0, 0.1) is 0 Å². The van der Waals surface area contributed by atoms with E-state index in [-0.39, 0.29) is 12.1 Å². The van der Waals surface area contributed by atoms with Crippen molar-refractivity contribution in [2.24, 2.45) is 5.73 Å². The number of halogens is 1. The van der Waals surface area contributed by atoms with Crippen molar-refractivity contribution in [1.82, 2.24) is 4.90 Å². The highest BCUT2D eigenvalue weighted by atomic mass is 79.9. The predicted molar refractivity (Wildman–Crippen MR) is 89.1 cm³/mol. The van der Waals surface area contributed by atoms with Crippen LogP contribution >= 0.6 is 27.3 Å². The standard InChI is InChI=1S/C15H25BrN2OS/c1-3-12(17)14(13-9-11(16)10-20-13)18-7-4-5-15(2,19)6-8-18/h9-10,12,14,19H,3-8,17H2,1-2H3. The fourth-order valence-electron chi connectivity index (χ4n) is 2.93. The monoisotopic (exact) mass is 360 g/mol. The third-order valence-electron chi connectivity index (χ3n) is 4.25. The highest BCUT2D eigenvalue weighted by molar-refractivity contribution is 9.10. The molecule has 0 aliphatic carbocycles. The van der Waals surface area contributed by atoms with Crippen LogP contribution in [0.5, 0.6) is 0 Å². The molecule has 3 nitrogen and oxygen atoms in total. The number of likely N-dealkylation sites (tertiary alicyclic amines) is 1. The quantitative estimate of drug-likeness (QED) is 0.863. The molecule has 2 rings (SSSR count). The Hall–Kier alpha value is 0.0600. The number of nitrogens with zero attached hydrogens (tertiary/aromatic N) is 1. The first-order chi connectivity index (χ1) is 9.43. The van der Waals surface area contributed by atoms with Crippen molar-refractivity contribution < 1.29 is 5.11 Å². The maximum absolute atomic E-state index is 10.3. The van der Waals surface area contributed by atoms with Gasteiger partial charge in [-0.25, -0.2) is 0 Å². The van der Waals surface area contributed by atoms with Gasteiger partial charge in [-0.15, -0.1) is 11.3 Å². The number of hydrogen-bond donors (Lipinski definition) is 2. The largest absolute Gasteiger partial charge is 0.390 e. The zero-order valence-corrected chi connectivity index (χ0v) is 14.7. The molecule has 0 bridgehead atoms. The highest BCUT2D eigenvalue weighted by Gasteiger charge is 2.32. The first-order valence-electron chi connectivity index (χ1n) is 7.39. The van der Waals surface area contributed by atoms with Gasteiger partial charge < -0.3 is 10.8 Å². The molecule has 0 saturated carbocycles. The molecule has 0 spiro atoms. The summed E-state index contributed by atoms with van der Waals surface area (Å²) in [5.74, 6) is 0. The molecule has 1 aromatic rings. The van der Waals surface area contributed by atoms with E-state index in [9.17, 15) is 5.11 Å². The van der Waals surface area contributed by atoms with E-state index in [0.717, 1.165) is 43.2 Å². The van der Waals surface area contributed by atoms with Crippen LogP contribution < -0.4 is 5.73 Å². The first kappa shape index (κ1) is 16.4. The molecule has 3 atom stereocenters. The molecule has 3 N–H and O–H groups in total. The Balaban J connectivity index is 2.18. The minimum atomic E-state index is -0.522. The Kier molecular flexibility index (Phi) is 5.65. The van der Waals surface area contributed by atoms with E-state index in [2.05, 4.69) is 39.2 Å². The van der Waals surface area contributed by atoms with Crippen LogP contribution in [-0.2, 0) is 0 Å². The number of rotatable bonds is 4. The van der Waals surface area contributed by atoms with E-state index < -0.39 is 5.60 Å². The second-order valence-corrected chi connectivity index (χ2v) is 7.93. The van der Waals surface area contributed by atoms with Gasteiger partial charge in [0.15, 0.2) is 0 Å². The van der Waals surface area contributed by atoms with Crippen LogP contribution in [0.1, 0.15) is 50.4 Å². The summed E-state index contributed by atoms with van der Waals surface area (Å²) in [6.07, 6.45) is 3.71. The lowest BCUT2D eigenvalue weighted by Gasteiger charge is -2.34. The molecule has 1 aliphatic rings. The van der Waals surface area contributed by atoms with Gasteiger partial charge in [0.25, 0.3) is 0 Å². The smallest absolute Gasteiger partial charge is 0.0632 e. The van der Waals surface area contributed by atoms with Gasteiger partial charge in [-0.05, 0) is 61.1 Å². The number of thiophene rings is 1. The molecule has 20 heavy (non-hydrogen) atoms. The lowest BCUT2D eigenvalue weighted by atomic mass is 9.98. The van der Waals surface area contributed by atoms with E-state index in [4.69, 9.17) is 5.73 Å². The maximum atomic E-state index is 10.3. The van der Waals surface area contributed by atoms with Gasteiger partial charge >= 0.3 is 0 Å². The van der Waals surface area contributed by atoms with Gasteiger partial charge in [0, 0.05) is 27.3 Å². The zero-order chi connectivity index (χ0) is 14.8. The van der Waals surface area contributed by atoms with Crippen LogP contribution in [0.3, 0.4) is 0 Å². The van der Waals surface area contributed by atoms with Crippen LogP contribution in [0.15, 0.2) is 15.9 Å². The molecule has 1 aliphatic heterocycles. The Morgan fingerprint density at radius 2 is 2.25 bits per heavy atom.